The predicted octanol–water partition coefficient (Wildman–Crippen LogP) is 3.22. The zero-order valence-corrected chi connectivity index (χ0v) is 11.0. The topological polar surface area (TPSA) is 21.3 Å². The maximum atomic E-state index is 5.69. The van der Waals surface area contributed by atoms with Gasteiger partial charge >= 0.3 is 0 Å². The number of hydrogen-bond acceptors (Lipinski definition) is 2. The van der Waals surface area contributed by atoms with E-state index in [1.807, 2.05) is 0 Å². The van der Waals surface area contributed by atoms with E-state index in [0.717, 1.165) is 25.7 Å². The molecule has 0 radical (unpaired) electrons. The maximum Gasteiger partial charge on any atom is 0.0619 e. The van der Waals surface area contributed by atoms with Crippen LogP contribution in [0.5, 0.6) is 0 Å². The third kappa shape index (κ3) is 10.2. The number of likely N-dealkylation sites (N-methyl/N-ethyl adjacent to an activating group) is 1. The van der Waals surface area contributed by atoms with Crippen LogP contribution in [0.2, 0.25) is 0 Å². The number of ether oxygens (including phenoxy) is 1. The zero-order valence-electron chi connectivity index (χ0n) is 11.0. The van der Waals surface area contributed by atoms with Crippen molar-refractivity contribution in [3.63, 3.8) is 0 Å². The van der Waals surface area contributed by atoms with Crippen molar-refractivity contribution in [1.82, 2.24) is 5.32 Å². The van der Waals surface area contributed by atoms with Gasteiger partial charge in [-0.15, -0.1) is 0 Å². The minimum absolute atomic E-state index is 0.555. The van der Waals surface area contributed by atoms with E-state index in [1.165, 1.54) is 25.7 Å². The second kappa shape index (κ2) is 10.4. The molecule has 0 aliphatic heterocycles. The first-order chi connectivity index (χ1) is 7.20. The lowest BCUT2D eigenvalue weighted by Gasteiger charge is -2.17. The highest BCUT2D eigenvalue weighted by Crippen LogP contribution is 2.04. The van der Waals surface area contributed by atoms with E-state index in [2.05, 4.69) is 33.0 Å². The van der Waals surface area contributed by atoms with Crippen molar-refractivity contribution in [1.29, 1.82) is 0 Å². The lowest BCUT2D eigenvalue weighted by molar-refractivity contribution is 0.104. The van der Waals surface area contributed by atoms with Crippen LogP contribution in [0.25, 0.3) is 0 Å². The number of nitrogens with one attached hydrogen (secondary N) is 1. The van der Waals surface area contributed by atoms with Crippen LogP contribution in [0.1, 0.15) is 53.4 Å². The molecule has 0 heterocycles. The van der Waals surface area contributed by atoms with E-state index in [4.69, 9.17) is 4.74 Å². The van der Waals surface area contributed by atoms with Gasteiger partial charge in [0.1, 0.15) is 0 Å². The fraction of sp³-hybridized carbons (Fsp3) is 1.00. The maximum absolute atomic E-state index is 5.69. The molecular weight excluding hydrogens is 186 g/mol. The smallest absolute Gasteiger partial charge is 0.0619 e. The molecule has 0 aliphatic rings. The molecule has 0 aromatic heterocycles. The molecule has 0 saturated heterocycles. The van der Waals surface area contributed by atoms with Crippen LogP contribution in [0, 0.1) is 5.92 Å². The molecule has 0 aromatic rings. The molecule has 0 amide bonds. The van der Waals surface area contributed by atoms with E-state index in [0.29, 0.717) is 6.04 Å². The summed E-state index contributed by atoms with van der Waals surface area (Å²) in [4.78, 5) is 0. The summed E-state index contributed by atoms with van der Waals surface area (Å²) in [6, 6.07) is 0.555. The molecule has 1 atom stereocenters. The summed E-state index contributed by atoms with van der Waals surface area (Å²) in [7, 11) is 0. The summed E-state index contributed by atoms with van der Waals surface area (Å²) < 4.78 is 5.69. The third-order valence-electron chi connectivity index (χ3n) is 2.52. The summed E-state index contributed by atoms with van der Waals surface area (Å²) in [5, 5.41) is 3.46. The van der Waals surface area contributed by atoms with Gasteiger partial charge < -0.3 is 10.1 Å². The fourth-order valence-corrected chi connectivity index (χ4v) is 1.70. The fourth-order valence-electron chi connectivity index (χ4n) is 1.70. The van der Waals surface area contributed by atoms with Crippen LogP contribution < -0.4 is 5.32 Å². The Bertz CT molecular complexity index is 120. The minimum atomic E-state index is 0.555. The number of rotatable bonds is 10. The Labute approximate surface area is 95.8 Å². The summed E-state index contributed by atoms with van der Waals surface area (Å²) in [6.07, 6.45) is 4.92. The normalized spacial score (nSPS) is 13.4. The molecule has 0 fully saturated rings. The van der Waals surface area contributed by atoms with Gasteiger partial charge in [0.2, 0.25) is 0 Å². The summed E-state index contributed by atoms with van der Waals surface area (Å²) >= 11 is 0. The first-order valence-electron chi connectivity index (χ1n) is 6.51. The highest BCUT2D eigenvalue weighted by atomic mass is 16.5. The third-order valence-corrected chi connectivity index (χ3v) is 2.52. The van der Waals surface area contributed by atoms with E-state index in [-0.39, 0.29) is 0 Å². The monoisotopic (exact) mass is 215 g/mol. The molecule has 0 rings (SSSR count). The molecule has 1 N–H and O–H groups in total. The molecule has 2 nitrogen and oxygen atoms in total. The molecule has 0 aliphatic carbocycles. The second-order valence-corrected chi connectivity index (χ2v) is 4.65. The molecule has 0 spiro atoms. The van der Waals surface area contributed by atoms with E-state index in [9.17, 15) is 0 Å². The van der Waals surface area contributed by atoms with Crippen molar-refractivity contribution in [2.45, 2.75) is 59.4 Å². The van der Waals surface area contributed by atoms with Crippen molar-refractivity contribution in [3.8, 4) is 0 Å². The highest BCUT2D eigenvalue weighted by Gasteiger charge is 2.05. The molecular formula is C13H29NO. The van der Waals surface area contributed by atoms with Crippen molar-refractivity contribution in [2.24, 2.45) is 5.92 Å². The van der Waals surface area contributed by atoms with Gasteiger partial charge in [-0.3, -0.25) is 0 Å². The van der Waals surface area contributed by atoms with Gasteiger partial charge in [0.15, 0.2) is 0 Å². The standard InChI is InChI=1S/C13H29NO/c1-5-8-13(14-6-2)11-15-10-7-9-12(3)4/h12-14H,5-11H2,1-4H3. The zero-order chi connectivity index (χ0) is 11.5. The Balaban J connectivity index is 3.36. The Morgan fingerprint density at radius 1 is 1.13 bits per heavy atom. The molecule has 0 aromatic carbocycles. The lowest BCUT2D eigenvalue weighted by atomic mass is 10.1. The first-order valence-corrected chi connectivity index (χ1v) is 6.51. The average molecular weight is 215 g/mol. The molecule has 15 heavy (non-hydrogen) atoms. The van der Waals surface area contributed by atoms with Gasteiger partial charge in [0.05, 0.1) is 6.61 Å². The van der Waals surface area contributed by atoms with Crippen LogP contribution in [0.4, 0.5) is 0 Å². The van der Waals surface area contributed by atoms with Crippen molar-refractivity contribution >= 4 is 0 Å². The van der Waals surface area contributed by atoms with Crippen LogP contribution in [0.3, 0.4) is 0 Å². The molecule has 0 saturated carbocycles. The Kier molecular flexibility index (Phi) is 10.4. The van der Waals surface area contributed by atoms with Crippen LogP contribution >= 0.6 is 0 Å². The summed E-state index contributed by atoms with van der Waals surface area (Å²) in [5.41, 5.74) is 0. The van der Waals surface area contributed by atoms with Gasteiger partial charge in [-0.25, -0.2) is 0 Å². The van der Waals surface area contributed by atoms with Gasteiger partial charge in [0, 0.05) is 12.6 Å². The Morgan fingerprint density at radius 2 is 1.87 bits per heavy atom. The largest absolute Gasteiger partial charge is 0.380 e. The van der Waals surface area contributed by atoms with E-state index in [1.54, 1.807) is 0 Å². The SMILES string of the molecule is CCCC(COCCCC(C)C)NCC. The van der Waals surface area contributed by atoms with Crippen LogP contribution in [-0.4, -0.2) is 25.8 Å². The first kappa shape index (κ1) is 14.9. The van der Waals surface area contributed by atoms with E-state index >= 15 is 0 Å². The van der Waals surface area contributed by atoms with Gasteiger partial charge in [0.25, 0.3) is 0 Å². The predicted molar refractivity (Wildman–Crippen MR) is 67.3 cm³/mol. The van der Waals surface area contributed by atoms with Crippen molar-refractivity contribution < 1.29 is 4.74 Å². The van der Waals surface area contributed by atoms with Gasteiger partial charge in [-0.05, 0) is 31.7 Å². The summed E-state index contributed by atoms with van der Waals surface area (Å²) in [6.45, 7) is 11.7. The second-order valence-electron chi connectivity index (χ2n) is 4.65. The Morgan fingerprint density at radius 3 is 2.40 bits per heavy atom. The lowest BCUT2D eigenvalue weighted by Crippen LogP contribution is -2.33. The van der Waals surface area contributed by atoms with Crippen molar-refractivity contribution in [3.05, 3.63) is 0 Å². The van der Waals surface area contributed by atoms with Crippen molar-refractivity contribution in [2.75, 3.05) is 19.8 Å². The molecule has 92 valence electrons. The highest BCUT2D eigenvalue weighted by molar-refractivity contribution is 4.63. The quantitative estimate of drug-likeness (QED) is 0.565. The van der Waals surface area contributed by atoms with Gasteiger partial charge in [-0.2, -0.15) is 0 Å². The number of hydrogen-bond donors (Lipinski definition) is 1. The van der Waals surface area contributed by atoms with Crippen LogP contribution in [-0.2, 0) is 4.74 Å². The van der Waals surface area contributed by atoms with E-state index < -0.39 is 0 Å². The minimum Gasteiger partial charge on any atom is -0.380 e. The Hall–Kier alpha value is -0.0800. The van der Waals surface area contributed by atoms with Crippen LogP contribution in [0.15, 0.2) is 0 Å². The summed E-state index contributed by atoms with van der Waals surface area (Å²) in [5.74, 6) is 0.800. The molecule has 0 bridgehead atoms. The molecule has 2 heteroatoms. The molecule has 1 unspecified atom stereocenters. The average Bonchev–Trinajstić information content (AvgIpc) is 2.17. The van der Waals surface area contributed by atoms with Gasteiger partial charge in [-0.1, -0.05) is 34.1 Å².